The number of aromatic nitrogens is 3. The minimum absolute atomic E-state index is 0.157. The molecule has 0 unspecified atom stereocenters. The van der Waals surface area contributed by atoms with Gasteiger partial charge in [-0.1, -0.05) is 52.0 Å². The second-order valence-electron chi connectivity index (χ2n) is 7.18. The van der Waals surface area contributed by atoms with Crippen molar-refractivity contribution in [1.29, 1.82) is 0 Å². The van der Waals surface area contributed by atoms with Gasteiger partial charge in [-0.25, -0.2) is 4.68 Å². The van der Waals surface area contributed by atoms with Crippen molar-refractivity contribution in [3.05, 3.63) is 78.1 Å². The van der Waals surface area contributed by atoms with Crippen LogP contribution in [0.3, 0.4) is 0 Å². The van der Waals surface area contributed by atoms with Crippen LogP contribution in [0.1, 0.15) is 56.6 Å². The molecule has 156 valence electrons. The van der Waals surface area contributed by atoms with Crippen molar-refractivity contribution >= 4 is 22.6 Å². The highest BCUT2D eigenvalue weighted by Gasteiger charge is 2.14. The first-order valence-corrected chi connectivity index (χ1v) is 10.6. The van der Waals surface area contributed by atoms with Gasteiger partial charge in [-0.05, 0) is 48.6 Å². The molecule has 0 aliphatic rings. The second-order valence-corrected chi connectivity index (χ2v) is 7.18. The molecular formula is C25H30N4O. The van der Waals surface area contributed by atoms with E-state index in [9.17, 15) is 4.79 Å². The van der Waals surface area contributed by atoms with E-state index < -0.39 is 0 Å². The molecular weight excluding hydrogens is 372 g/mol. The van der Waals surface area contributed by atoms with Crippen molar-refractivity contribution < 1.29 is 4.79 Å². The normalized spacial score (nSPS) is 10.7. The molecule has 0 atom stereocenters. The van der Waals surface area contributed by atoms with Crippen LogP contribution >= 0.6 is 0 Å². The van der Waals surface area contributed by atoms with Gasteiger partial charge < -0.3 is 9.88 Å². The minimum atomic E-state index is -0.157. The fourth-order valence-corrected chi connectivity index (χ4v) is 3.55. The standard InChI is InChI=1S/C23H24N4O.C2H6/c1-4-26-20(16(2)3)14-17-10-11-18(15-21(17)26)23(28)24-22-12-13-27(25-22)19-8-6-5-7-9-19;1-2/h5-16H,4H2,1-3H3,(H,24,25,28);1-2H3. The number of rotatable bonds is 5. The van der Waals surface area contributed by atoms with Crippen LogP contribution in [-0.2, 0) is 6.54 Å². The van der Waals surface area contributed by atoms with Crippen LogP contribution in [0.15, 0.2) is 66.9 Å². The SMILES string of the molecule is CC.CCn1c(C(C)C)cc2ccc(C(=O)Nc3ccn(-c4ccccc4)n3)cc21. The molecule has 2 aromatic carbocycles. The molecule has 30 heavy (non-hydrogen) atoms. The third-order valence-electron chi connectivity index (χ3n) is 4.96. The average molecular weight is 403 g/mol. The molecule has 5 heteroatoms. The monoisotopic (exact) mass is 402 g/mol. The number of carbonyl (C=O) groups is 1. The quantitative estimate of drug-likeness (QED) is 0.429. The number of hydrogen-bond donors (Lipinski definition) is 1. The number of anilines is 1. The van der Waals surface area contributed by atoms with Crippen molar-refractivity contribution in [3.63, 3.8) is 0 Å². The molecule has 0 aliphatic carbocycles. The Labute approximate surface area is 178 Å². The second kappa shape index (κ2) is 9.44. The zero-order valence-electron chi connectivity index (χ0n) is 18.4. The summed E-state index contributed by atoms with van der Waals surface area (Å²) in [6, 6.07) is 19.7. The number of hydrogen-bond acceptors (Lipinski definition) is 2. The van der Waals surface area contributed by atoms with Crippen molar-refractivity contribution in [2.75, 3.05) is 5.32 Å². The molecule has 1 amide bonds. The molecule has 5 nitrogen and oxygen atoms in total. The first-order chi connectivity index (χ1) is 14.6. The molecule has 0 saturated heterocycles. The van der Waals surface area contributed by atoms with Crippen molar-refractivity contribution in [2.45, 2.75) is 47.1 Å². The van der Waals surface area contributed by atoms with E-state index in [4.69, 9.17) is 0 Å². The van der Waals surface area contributed by atoms with Gasteiger partial charge in [0, 0.05) is 35.6 Å². The smallest absolute Gasteiger partial charge is 0.256 e. The summed E-state index contributed by atoms with van der Waals surface area (Å²) in [5, 5.41) is 8.51. The molecule has 0 radical (unpaired) electrons. The number of benzene rings is 2. The fourth-order valence-electron chi connectivity index (χ4n) is 3.55. The van der Waals surface area contributed by atoms with Crippen molar-refractivity contribution in [3.8, 4) is 5.69 Å². The Morgan fingerprint density at radius 1 is 1.03 bits per heavy atom. The van der Waals surface area contributed by atoms with Crippen LogP contribution in [0.5, 0.6) is 0 Å². The summed E-state index contributed by atoms with van der Waals surface area (Å²) in [4.78, 5) is 12.8. The van der Waals surface area contributed by atoms with Crippen LogP contribution < -0.4 is 5.32 Å². The topological polar surface area (TPSA) is 51.9 Å². The van der Waals surface area contributed by atoms with Crippen LogP contribution in [0.2, 0.25) is 0 Å². The highest BCUT2D eigenvalue weighted by Crippen LogP contribution is 2.26. The van der Waals surface area contributed by atoms with Crippen LogP contribution in [0, 0.1) is 0 Å². The van der Waals surface area contributed by atoms with Gasteiger partial charge in [-0.3, -0.25) is 4.79 Å². The van der Waals surface area contributed by atoms with Crippen molar-refractivity contribution in [2.24, 2.45) is 0 Å². The van der Waals surface area contributed by atoms with Gasteiger partial charge in [-0.2, -0.15) is 5.10 Å². The molecule has 0 fully saturated rings. The predicted octanol–water partition coefficient (Wildman–Crippen LogP) is 6.25. The Balaban J connectivity index is 0.00000124. The zero-order valence-corrected chi connectivity index (χ0v) is 18.4. The van der Waals surface area contributed by atoms with Gasteiger partial charge in [0.05, 0.1) is 5.69 Å². The Hall–Kier alpha value is -3.34. The summed E-state index contributed by atoms with van der Waals surface area (Å²) in [5.74, 6) is 0.810. The molecule has 0 spiro atoms. The summed E-state index contributed by atoms with van der Waals surface area (Å²) in [7, 11) is 0. The Morgan fingerprint density at radius 2 is 1.77 bits per heavy atom. The zero-order chi connectivity index (χ0) is 21.7. The number of carbonyl (C=O) groups excluding carboxylic acids is 1. The molecule has 2 aromatic heterocycles. The lowest BCUT2D eigenvalue weighted by Gasteiger charge is -2.11. The van der Waals surface area contributed by atoms with E-state index in [2.05, 4.69) is 41.8 Å². The van der Waals surface area contributed by atoms with E-state index in [1.54, 1.807) is 10.7 Å². The molecule has 4 aromatic rings. The Bertz CT molecular complexity index is 1120. The molecule has 0 saturated carbocycles. The van der Waals surface area contributed by atoms with E-state index in [0.29, 0.717) is 17.3 Å². The fraction of sp³-hybridized carbons (Fsp3) is 0.280. The van der Waals surface area contributed by atoms with Gasteiger partial charge in [-0.15, -0.1) is 0 Å². The largest absolute Gasteiger partial charge is 0.345 e. The number of amides is 1. The van der Waals surface area contributed by atoms with Crippen LogP contribution in [0.25, 0.3) is 16.6 Å². The number of para-hydroxylation sites is 1. The van der Waals surface area contributed by atoms with E-state index in [1.807, 2.05) is 68.6 Å². The lowest BCUT2D eigenvalue weighted by molar-refractivity contribution is 0.102. The highest BCUT2D eigenvalue weighted by atomic mass is 16.1. The van der Waals surface area contributed by atoms with Crippen LogP contribution in [0.4, 0.5) is 5.82 Å². The number of nitrogens with one attached hydrogen (secondary N) is 1. The Kier molecular flexibility index (Phi) is 6.72. The minimum Gasteiger partial charge on any atom is -0.345 e. The van der Waals surface area contributed by atoms with E-state index in [1.165, 1.54) is 5.69 Å². The van der Waals surface area contributed by atoms with Gasteiger partial charge in [0.25, 0.3) is 5.91 Å². The number of nitrogens with zero attached hydrogens (tertiary/aromatic N) is 3. The lowest BCUT2D eigenvalue weighted by Crippen LogP contribution is -2.13. The Morgan fingerprint density at radius 3 is 2.43 bits per heavy atom. The molecule has 1 N–H and O–H groups in total. The van der Waals surface area contributed by atoms with Gasteiger partial charge >= 0.3 is 0 Å². The molecule has 4 rings (SSSR count). The third kappa shape index (κ3) is 4.30. The first-order valence-electron chi connectivity index (χ1n) is 10.6. The van der Waals surface area contributed by atoms with Gasteiger partial charge in [0.1, 0.15) is 0 Å². The lowest BCUT2D eigenvalue weighted by atomic mass is 10.1. The maximum atomic E-state index is 12.8. The number of aryl methyl sites for hydroxylation is 1. The van der Waals surface area contributed by atoms with Gasteiger partial charge in [0.2, 0.25) is 0 Å². The highest BCUT2D eigenvalue weighted by molar-refractivity contribution is 6.05. The van der Waals surface area contributed by atoms with Gasteiger partial charge in [0.15, 0.2) is 5.82 Å². The molecule has 0 bridgehead atoms. The summed E-state index contributed by atoms with van der Waals surface area (Å²) in [6.07, 6.45) is 1.84. The molecule has 2 heterocycles. The maximum Gasteiger partial charge on any atom is 0.256 e. The first kappa shape index (κ1) is 21.4. The average Bonchev–Trinajstić information content (AvgIpc) is 3.39. The summed E-state index contributed by atoms with van der Waals surface area (Å²) >= 11 is 0. The third-order valence-corrected chi connectivity index (χ3v) is 4.96. The van der Waals surface area contributed by atoms with Crippen LogP contribution in [-0.4, -0.2) is 20.3 Å². The van der Waals surface area contributed by atoms with E-state index >= 15 is 0 Å². The molecule has 0 aliphatic heterocycles. The summed E-state index contributed by atoms with van der Waals surface area (Å²) in [5.41, 5.74) is 3.96. The van der Waals surface area contributed by atoms with E-state index in [0.717, 1.165) is 23.1 Å². The maximum absolute atomic E-state index is 12.8. The number of fused-ring (bicyclic) bond motifs is 1. The summed E-state index contributed by atoms with van der Waals surface area (Å²) in [6.45, 7) is 11.4. The summed E-state index contributed by atoms with van der Waals surface area (Å²) < 4.78 is 4.02. The van der Waals surface area contributed by atoms with Crippen molar-refractivity contribution in [1.82, 2.24) is 14.3 Å². The van der Waals surface area contributed by atoms with E-state index in [-0.39, 0.29) is 5.91 Å². The predicted molar refractivity (Wildman–Crippen MR) is 125 cm³/mol.